The van der Waals surface area contributed by atoms with Crippen molar-refractivity contribution < 1.29 is 0 Å². The third kappa shape index (κ3) is 4.81. The zero-order valence-electron chi connectivity index (χ0n) is 12.5. The summed E-state index contributed by atoms with van der Waals surface area (Å²) >= 11 is 0. The number of aryl methyl sites for hydroxylation is 1. The average molecular weight is 247 g/mol. The second-order valence-electron chi connectivity index (χ2n) is 5.37. The molecule has 0 saturated heterocycles. The minimum atomic E-state index is 0.458. The Morgan fingerprint density at radius 2 is 1.78 bits per heavy atom. The number of nitrogens with one attached hydrogen (secondary N) is 1. The maximum absolute atomic E-state index is 3.81. The largest absolute Gasteiger partial charge is 0.307 e. The maximum Gasteiger partial charge on any atom is 0.0296 e. The molecule has 0 heterocycles. The van der Waals surface area contributed by atoms with E-state index in [-0.39, 0.29) is 0 Å². The molecule has 0 aliphatic rings. The van der Waals surface area contributed by atoms with Crippen molar-refractivity contribution in [2.24, 2.45) is 0 Å². The van der Waals surface area contributed by atoms with Gasteiger partial charge in [0.2, 0.25) is 0 Å². The van der Waals surface area contributed by atoms with E-state index in [0.29, 0.717) is 12.1 Å². The summed E-state index contributed by atoms with van der Waals surface area (Å²) in [5.74, 6) is 0. The Bertz CT molecular complexity index is 332. The number of rotatable bonds is 8. The molecule has 0 amide bonds. The van der Waals surface area contributed by atoms with Gasteiger partial charge in [0.15, 0.2) is 0 Å². The second kappa shape index (κ2) is 8.31. The van der Waals surface area contributed by atoms with Crippen LogP contribution in [0.5, 0.6) is 0 Å². The molecule has 0 saturated carbocycles. The van der Waals surface area contributed by atoms with Gasteiger partial charge in [-0.2, -0.15) is 0 Å². The van der Waals surface area contributed by atoms with Crippen LogP contribution in [0.15, 0.2) is 24.3 Å². The maximum atomic E-state index is 3.81. The van der Waals surface area contributed by atoms with Crippen LogP contribution < -0.4 is 5.32 Å². The molecule has 0 bridgehead atoms. The third-order valence-electron chi connectivity index (χ3n) is 3.68. The molecule has 1 rings (SSSR count). The quantitative estimate of drug-likeness (QED) is 0.681. The van der Waals surface area contributed by atoms with Gasteiger partial charge in [-0.05, 0) is 37.8 Å². The number of hydrogen-bond donors (Lipinski definition) is 1. The van der Waals surface area contributed by atoms with Gasteiger partial charge in [-0.25, -0.2) is 0 Å². The van der Waals surface area contributed by atoms with Crippen LogP contribution in [0.2, 0.25) is 0 Å². The molecule has 0 spiro atoms. The van der Waals surface area contributed by atoms with Crippen LogP contribution in [0.4, 0.5) is 0 Å². The molecule has 2 unspecified atom stereocenters. The lowest BCUT2D eigenvalue weighted by Crippen LogP contribution is -2.31. The van der Waals surface area contributed by atoms with Gasteiger partial charge in [0.05, 0.1) is 0 Å². The molecule has 1 aromatic rings. The van der Waals surface area contributed by atoms with Gasteiger partial charge in [-0.1, -0.05) is 57.4 Å². The number of benzene rings is 1. The first kappa shape index (κ1) is 15.2. The van der Waals surface area contributed by atoms with Crippen LogP contribution >= 0.6 is 0 Å². The Balaban J connectivity index is 2.60. The highest BCUT2D eigenvalue weighted by atomic mass is 14.9. The number of unbranched alkanes of at least 4 members (excludes halogenated alkanes) is 1. The van der Waals surface area contributed by atoms with E-state index in [4.69, 9.17) is 0 Å². The van der Waals surface area contributed by atoms with Crippen LogP contribution in [0.3, 0.4) is 0 Å². The standard InChI is InChI=1S/C17H29N/c1-5-7-12-16(10-6-2)18-15(4)17-13-9-8-11-14(17)3/h8-9,11,13,15-16,18H,5-7,10,12H2,1-4H3. The zero-order valence-corrected chi connectivity index (χ0v) is 12.5. The molecule has 102 valence electrons. The van der Waals surface area contributed by atoms with Crippen molar-refractivity contribution >= 4 is 0 Å². The average Bonchev–Trinajstić information content (AvgIpc) is 2.36. The van der Waals surface area contributed by atoms with Crippen LogP contribution in [0.1, 0.15) is 70.0 Å². The highest BCUT2D eigenvalue weighted by Crippen LogP contribution is 2.19. The van der Waals surface area contributed by atoms with E-state index in [2.05, 4.69) is 57.3 Å². The molecule has 1 aromatic carbocycles. The van der Waals surface area contributed by atoms with Crippen molar-refractivity contribution in [1.29, 1.82) is 0 Å². The van der Waals surface area contributed by atoms with E-state index < -0.39 is 0 Å². The summed E-state index contributed by atoms with van der Waals surface area (Å²) < 4.78 is 0. The van der Waals surface area contributed by atoms with Crippen molar-refractivity contribution in [1.82, 2.24) is 5.32 Å². The molecule has 0 fully saturated rings. The lowest BCUT2D eigenvalue weighted by Gasteiger charge is -2.24. The summed E-state index contributed by atoms with van der Waals surface area (Å²) in [5, 5.41) is 3.81. The minimum Gasteiger partial charge on any atom is -0.307 e. The summed E-state index contributed by atoms with van der Waals surface area (Å²) in [6, 6.07) is 9.83. The lowest BCUT2D eigenvalue weighted by molar-refractivity contribution is 0.395. The molecular weight excluding hydrogens is 218 g/mol. The van der Waals surface area contributed by atoms with Gasteiger partial charge in [0.1, 0.15) is 0 Å². The summed E-state index contributed by atoms with van der Waals surface area (Å²) in [7, 11) is 0. The fraction of sp³-hybridized carbons (Fsp3) is 0.647. The molecule has 18 heavy (non-hydrogen) atoms. The summed E-state index contributed by atoms with van der Waals surface area (Å²) in [6.45, 7) is 9.04. The smallest absolute Gasteiger partial charge is 0.0296 e. The third-order valence-corrected chi connectivity index (χ3v) is 3.68. The van der Waals surface area contributed by atoms with Crippen LogP contribution in [-0.2, 0) is 0 Å². The highest BCUT2D eigenvalue weighted by Gasteiger charge is 2.13. The Labute approximate surface area is 113 Å². The summed E-state index contributed by atoms with van der Waals surface area (Å²) in [4.78, 5) is 0. The monoisotopic (exact) mass is 247 g/mol. The normalized spacial score (nSPS) is 14.4. The van der Waals surface area contributed by atoms with E-state index in [9.17, 15) is 0 Å². The molecule has 1 N–H and O–H groups in total. The first-order valence-electron chi connectivity index (χ1n) is 7.50. The fourth-order valence-electron chi connectivity index (χ4n) is 2.63. The van der Waals surface area contributed by atoms with Crippen LogP contribution in [0.25, 0.3) is 0 Å². The zero-order chi connectivity index (χ0) is 13.4. The predicted octanol–water partition coefficient (Wildman–Crippen LogP) is 5.00. The van der Waals surface area contributed by atoms with Crippen molar-refractivity contribution in [3.8, 4) is 0 Å². The molecule has 0 aromatic heterocycles. The van der Waals surface area contributed by atoms with Gasteiger partial charge in [-0.3, -0.25) is 0 Å². The molecule has 2 atom stereocenters. The summed E-state index contributed by atoms with van der Waals surface area (Å²) in [5.41, 5.74) is 2.83. The molecule has 1 nitrogen and oxygen atoms in total. The second-order valence-corrected chi connectivity index (χ2v) is 5.37. The molecular formula is C17H29N. The van der Waals surface area contributed by atoms with Crippen LogP contribution in [-0.4, -0.2) is 6.04 Å². The Morgan fingerprint density at radius 3 is 2.39 bits per heavy atom. The van der Waals surface area contributed by atoms with E-state index in [1.807, 2.05) is 0 Å². The van der Waals surface area contributed by atoms with Crippen molar-refractivity contribution in [3.63, 3.8) is 0 Å². The van der Waals surface area contributed by atoms with Gasteiger partial charge in [0.25, 0.3) is 0 Å². The minimum absolute atomic E-state index is 0.458. The predicted molar refractivity (Wildman–Crippen MR) is 81.0 cm³/mol. The van der Waals surface area contributed by atoms with Crippen molar-refractivity contribution in [2.45, 2.75) is 71.9 Å². The molecule has 1 heteroatoms. The van der Waals surface area contributed by atoms with E-state index in [1.54, 1.807) is 0 Å². The molecule has 0 radical (unpaired) electrons. The first-order valence-corrected chi connectivity index (χ1v) is 7.50. The Kier molecular flexibility index (Phi) is 7.04. The Morgan fingerprint density at radius 1 is 1.06 bits per heavy atom. The van der Waals surface area contributed by atoms with Gasteiger partial charge in [0, 0.05) is 12.1 Å². The number of hydrogen-bond acceptors (Lipinski definition) is 1. The van der Waals surface area contributed by atoms with Gasteiger partial charge >= 0.3 is 0 Å². The lowest BCUT2D eigenvalue weighted by atomic mass is 9.99. The first-order chi connectivity index (χ1) is 8.69. The SMILES string of the molecule is CCCCC(CCC)NC(C)c1ccccc1C. The van der Waals surface area contributed by atoms with Crippen LogP contribution in [0, 0.1) is 6.92 Å². The molecule has 0 aliphatic carbocycles. The fourth-order valence-corrected chi connectivity index (χ4v) is 2.63. The summed E-state index contributed by atoms with van der Waals surface area (Å²) in [6.07, 6.45) is 6.48. The highest BCUT2D eigenvalue weighted by molar-refractivity contribution is 5.28. The van der Waals surface area contributed by atoms with E-state index >= 15 is 0 Å². The Hall–Kier alpha value is -0.820. The van der Waals surface area contributed by atoms with Gasteiger partial charge < -0.3 is 5.32 Å². The van der Waals surface area contributed by atoms with Crippen molar-refractivity contribution in [3.05, 3.63) is 35.4 Å². The van der Waals surface area contributed by atoms with E-state index in [0.717, 1.165) is 0 Å². The van der Waals surface area contributed by atoms with Gasteiger partial charge in [-0.15, -0.1) is 0 Å². The topological polar surface area (TPSA) is 12.0 Å². The van der Waals surface area contributed by atoms with Crippen molar-refractivity contribution in [2.75, 3.05) is 0 Å². The molecule has 0 aliphatic heterocycles. The van der Waals surface area contributed by atoms with E-state index in [1.165, 1.54) is 43.2 Å².